The maximum Gasteiger partial charge on any atom is 0.272 e. The van der Waals surface area contributed by atoms with E-state index in [0.717, 1.165) is 24.1 Å². The highest BCUT2D eigenvalue weighted by Gasteiger charge is 2.27. The number of aryl methyl sites for hydroxylation is 1. The molecule has 0 fully saturated rings. The standard InChI is InChI=1S/C24H29N5O7S/c1-5-12-25-23(30)22-17(3)24(28(27-22)18-8-6-16(2)7-9-18)36-20-11-10-19(29(31)32)15-21(20)37(33,34)26-13-14-35-4/h6-11,15,26H,5,12-14H2,1-4H3,(H,25,30). The molecule has 13 heteroatoms. The molecule has 0 bridgehead atoms. The third kappa shape index (κ3) is 6.50. The first-order valence-electron chi connectivity index (χ1n) is 11.5. The van der Waals surface area contributed by atoms with E-state index < -0.39 is 31.4 Å². The Hall–Kier alpha value is -3.81. The van der Waals surface area contributed by atoms with Crippen LogP contribution in [0.4, 0.5) is 5.69 Å². The van der Waals surface area contributed by atoms with E-state index in [1.165, 1.54) is 17.9 Å². The predicted octanol–water partition coefficient (Wildman–Crippen LogP) is 3.25. The molecule has 0 saturated carbocycles. The molecular weight excluding hydrogens is 502 g/mol. The van der Waals surface area contributed by atoms with Crippen LogP contribution < -0.4 is 14.8 Å². The van der Waals surface area contributed by atoms with E-state index in [1.807, 2.05) is 26.0 Å². The summed E-state index contributed by atoms with van der Waals surface area (Å²) in [7, 11) is -2.81. The molecule has 3 rings (SSSR count). The zero-order chi connectivity index (χ0) is 27.2. The van der Waals surface area contributed by atoms with Gasteiger partial charge in [-0.05, 0) is 38.5 Å². The number of amides is 1. The molecule has 2 N–H and O–H groups in total. The second-order valence-electron chi connectivity index (χ2n) is 8.16. The molecule has 12 nitrogen and oxygen atoms in total. The summed E-state index contributed by atoms with van der Waals surface area (Å²) in [6, 6.07) is 10.5. The Kier molecular flexibility index (Phi) is 8.97. The average Bonchev–Trinajstić information content (AvgIpc) is 3.19. The van der Waals surface area contributed by atoms with Crippen LogP contribution in [-0.2, 0) is 14.8 Å². The van der Waals surface area contributed by atoms with Crippen LogP contribution in [0.25, 0.3) is 5.69 Å². The zero-order valence-corrected chi connectivity index (χ0v) is 21.8. The molecule has 0 radical (unpaired) electrons. The first kappa shape index (κ1) is 27.8. The van der Waals surface area contributed by atoms with Gasteiger partial charge in [-0.15, -0.1) is 0 Å². The van der Waals surface area contributed by atoms with Gasteiger partial charge in [-0.3, -0.25) is 14.9 Å². The minimum Gasteiger partial charge on any atom is -0.437 e. The van der Waals surface area contributed by atoms with Gasteiger partial charge in [-0.2, -0.15) is 9.78 Å². The topological polar surface area (TPSA) is 155 Å². The molecule has 0 aliphatic heterocycles. The van der Waals surface area contributed by atoms with Crippen LogP contribution in [-0.4, -0.2) is 55.8 Å². The van der Waals surface area contributed by atoms with E-state index in [2.05, 4.69) is 15.1 Å². The van der Waals surface area contributed by atoms with Crippen LogP contribution in [0.5, 0.6) is 11.6 Å². The van der Waals surface area contributed by atoms with Gasteiger partial charge in [0.05, 0.1) is 17.2 Å². The fraction of sp³-hybridized carbons (Fsp3) is 0.333. The molecule has 1 amide bonds. The number of carbonyl (C=O) groups excluding carboxylic acids is 1. The maximum absolute atomic E-state index is 13.0. The van der Waals surface area contributed by atoms with Crippen molar-refractivity contribution in [1.29, 1.82) is 0 Å². The monoisotopic (exact) mass is 531 g/mol. The van der Waals surface area contributed by atoms with Crippen LogP contribution in [0.3, 0.4) is 0 Å². The number of methoxy groups -OCH3 is 1. The molecule has 0 atom stereocenters. The lowest BCUT2D eigenvalue weighted by molar-refractivity contribution is -0.385. The van der Waals surface area contributed by atoms with Crippen LogP contribution in [0.1, 0.15) is 35.0 Å². The number of aromatic nitrogens is 2. The van der Waals surface area contributed by atoms with Gasteiger partial charge < -0.3 is 14.8 Å². The highest BCUT2D eigenvalue weighted by Crippen LogP contribution is 2.35. The van der Waals surface area contributed by atoms with Crippen molar-refractivity contribution in [2.45, 2.75) is 32.1 Å². The van der Waals surface area contributed by atoms with Crippen molar-refractivity contribution in [2.24, 2.45) is 0 Å². The van der Waals surface area contributed by atoms with Crippen molar-refractivity contribution in [1.82, 2.24) is 19.8 Å². The van der Waals surface area contributed by atoms with E-state index in [0.29, 0.717) is 17.8 Å². The molecule has 37 heavy (non-hydrogen) atoms. The molecule has 0 aliphatic carbocycles. The number of carbonyl (C=O) groups is 1. The number of ether oxygens (including phenoxy) is 2. The lowest BCUT2D eigenvalue weighted by atomic mass is 10.2. The number of rotatable bonds is 12. The molecule has 0 aliphatic rings. The Morgan fingerprint density at radius 1 is 1.14 bits per heavy atom. The van der Waals surface area contributed by atoms with Gasteiger partial charge in [0.15, 0.2) is 5.69 Å². The first-order valence-corrected chi connectivity index (χ1v) is 13.0. The number of nitrogens with one attached hydrogen (secondary N) is 2. The third-order valence-electron chi connectivity index (χ3n) is 5.33. The van der Waals surface area contributed by atoms with Crippen molar-refractivity contribution in [3.05, 3.63) is 69.4 Å². The highest BCUT2D eigenvalue weighted by atomic mass is 32.2. The van der Waals surface area contributed by atoms with Crippen molar-refractivity contribution in [3.63, 3.8) is 0 Å². The van der Waals surface area contributed by atoms with Crippen LogP contribution in [0.2, 0.25) is 0 Å². The Morgan fingerprint density at radius 2 is 1.84 bits per heavy atom. The molecule has 2 aromatic carbocycles. The average molecular weight is 532 g/mol. The van der Waals surface area contributed by atoms with Gasteiger partial charge in [0, 0.05) is 37.9 Å². The van der Waals surface area contributed by atoms with Crippen molar-refractivity contribution in [2.75, 3.05) is 26.8 Å². The van der Waals surface area contributed by atoms with Crippen LogP contribution >= 0.6 is 0 Å². The minimum absolute atomic E-state index is 0.0525. The first-order chi connectivity index (χ1) is 17.6. The van der Waals surface area contributed by atoms with Crippen LogP contribution in [0.15, 0.2) is 47.4 Å². The number of hydrogen-bond donors (Lipinski definition) is 2. The molecule has 0 saturated heterocycles. The number of nitrogens with zero attached hydrogens (tertiary/aromatic N) is 3. The highest BCUT2D eigenvalue weighted by molar-refractivity contribution is 7.89. The molecule has 1 aromatic heterocycles. The summed E-state index contributed by atoms with van der Waals surface area (Å²) >= 11 is 0. The van der Waals surface area contributed by atoms with Gasteiger partial charge in [-0.1, -0.05) is 24.6 Å². The largest absolute Gasteiger partial charge is 0.437 e. The van der Waals surface area contributed by atoms with Crippen LogP contribution in [0, 0.1) is 24.0 Å². The smallest absolute Gasteiger partial charge is 0.272 e. The summed E-state index contributed by atoms with van der Waals surface area (Å²) in [4.78, 5) is 23.0. The summed E-state index contributed by atoms with van der Waals surface area (Å²) in [6.45, 7) is 5.96. The Labute approximate surface area is 214 Å². The summed E-state index contributed by atoms with van der Waals surface area (Å²) in [5, 5.41) is 18.6. The molecule has 0 unspecified atom stereocenters. The third-order valence-corrected chi connectivity index (χ3v) is 6.81. The summed E-state index contributed by atoms with van der Waals surface area (Å²) in [6.07, 6.45) is 0.729. The molecule has 198 valence electrons. The number of benzene rings is 2. The van der Waals surface area contributed by atoms with Crippen molar-refractivity contribution < 1.29 is 27.6 Å². The van der Waals surface area contributed by atoms with Gasteiger partial charge in [0.2, 0.25) is 15.9 Å². The van der Waals surface area contributed by atoms with Gasteiger partial charge in [0.1, 0.15) is 10.6 Å². The maximum atomic E-state index is 13.0. The zero-order valence-electron chi connectivity index (χ0n) is 21.0. The van der Waals surface area contributed by atoms with Crippen molar-refractivity contribution in [3.8, 4) is 17.3 Å². The minimum atomic E-state index is -4.23. The quantitative estimate of drug-likeness (QED) is 0.205. The molecule has 1 heterocycles. The Bertz CT molecular complexity index is 1390. The fourth-order valence-corrected chi connectivity index (χ4v) is 4.52. The molecule has 0 spiro atoms. The molecular formula is C24H29N5O7S. The van der Waals surface area contributed by atoms with Crippen molar-refractivity contribution >= 4 is 21.6 Å². The predicted molar refractivity (Wildman–Crippen MR) is 136 cm³/mol. The van der Waals surface area contributed by atoms with E-state index >= 15 is 0 Å². The van der Waals surface area contributed by atoms with E-state index in [-0.39, 0.29) is 30.5 Å². The SMILES string of the molecule is CCCNC(=O)c1nn(-c2ccc(C)cc2)c(Oc2ccc([N+](=O)[O-])cc2S(=O)(=O)NCCOC)c1C. The number of nitro groups is 1. The lowest BCUT2D eigenvalue weighted by Crippen LogP contribution is -2.27. The second-order valence-corrected chi connectivity index (χ2v) is 9.90. The number of sulfonamides is 1. The normalized spacial score (nSPS) is 11.4. The number of hydrogen-bond acceptors (Lipinski definition) is 8. The van der Waals surface area contributed by atoms with E-state index in [1.54, 1.807) is 19.1 Å². The fourth-order valence-electron chi connectivity index (χ4n) is 3.36. The Morgan fingerprint density at radius 3 is 2.46 bits per heavy atom. The lowest BCUT2D eigenvalue weighted by Gasteiger charge is -2.14. The van der Waals surface area contributed by atoms with Gasteiger partial charge >= 0.3 is 0 Å². The van der Waals surface area contributed by atoms with Gasteiger partial charge in [-0.25, -0.2) is 13.1 Å². The van der Waals surface area contributed by atoms with Gasteiger partial charge in [0.25, 0.3) is 11.6 Å². The number of nitro benzene ring substituents is 1. The Balaban J connectivity index is 2.15. The second kappa shape index (κ2) is 12.0. The van der Waals surface area contributed by atoms with E-state index in [4.69, 9.17) is 9.47 Å². The van der Waals surface area contributed by atoms with E-state index in [9.17, 15) is 23.3 Å². The summed E-state index contributed by atoms with van der Waals surface area (Å²) < 4.78 is 40.8. The summed E-state index contributed by atoms with van der Waals surface area (Å²) in [5.41, 5.74) is 1.62. The summed E-state index contributed by atoms with van der Waals surface area (Å²) in [5.74, 6) is -0.493. The molecule has 3 aromatic rings. The number of non-ortho nitro benzene ring substituents is 1.